The summed E-state index contributed by atoms with van der Waals surface area (Å²) in [5.41, 5.74) is -6.92. The molecular weight excluding hydrogens is 262 g/mol. The van der Waals surface area contributed by atoms with Crippen LogP contribution in [0.15, 0.2) is 0 Å². The van der Waals surface area contributed by atoms with Gasteiger partial charge in [0.05, 0.1) is 0 Å². The van der Waals surface area contributed by atoms with Crippen LogP contribution in [-0.2, 0) is 0 Å². The van der Waals surface area contributed by atoms with E-state index in [9.17, 15) is 43.9 Å². The normalized spacial score (nSPS) is 17.4. The second-order valence-corrected chi connectivity index (χ2v) is 2.89. The molecule has 0 aliphatic heterocycles. The van der Waals surface area contributed by atoms with E-state index in [0.717, 1.165) is 0 Å². The molecule has 10 heteroatoms. The van der Waals surface area contributed by atoms with Crippen molar-refractivity contribution in [3.8, 4) is 0 Å². The molecule has 0 aromatic rings. The van der Waals surface area contributed by atoms with Gasteiger partial charge in [0.15, 0.2) is 6.17 Å². The zero-order chi connectivity index (χ0) is 13.6. The molecule has 0 bridgehead atoms. The summed E-state index contributed by atoms with van der Waals surface area (Å²) in [5.74, 6) is -6.26. The van der Waals surface area contributed by atoms with Gasteiger partial charge in [0, 0.05) is 0 Å². The van der Waals surface area contributed by atoms with Gasteiger partial charge in [-0.1, -0.05) is 0 Å². The topological polar surface area (TPSA) is 0 Å². The van der Waals surface area contributed by atoms with Gasteiger partial charge in [-0.3, -0.25) is 0 Å². The van der Waals surface area contributed by atoms with E-state index in [1.807, 2.05) is 0 Å². The third-order valence-corrected chi connectivity index (χ3v) is 1.74. The molecule has 0 nitrogen and oxygen atoms in total. The quantitative estimate of drug-likeness (QED) is 0.666. The lowest BCUT2D eigenvalue weighted by Gasteiger charge is -2.36. The van der Waals surface area contributed by atoms with Crippen LogP contribution in [0.3, 0.4) is 0 Å². The lowest BCUT2D eigenvalue weighted by atomic mass is 9.93. The highest BCUT2D eigenvalue weighted by atomic mass is 19.4. The van der Waals surface area contributed by atoms with Gasteiger partial charge in [-0.15, -0.1) is 0 Å². The van der Waals surface area contributed by atoms with E-state index in [0.29, 0.717) is 0 Å². The van der Waals surface area contributed by atoms with Crippen molar-refractivity contribution in [2.24, 2.45) is 0 Å². The van der Waals surface area contributed by atoms with E-state index < -0.39 is 30.1 Å². The summed E-state index contributed by atoms with van der Waals surface area (Å²) in [6.45, 7) is -0.300. The molecule has 0 aliphatic rings. The van der Waals surface area contributed by atoms with Crippen molar-refractivity contribution in [2.75, 3.05) is 0 Å². The van der Waals surface area contributed by atoms with Crippen LogP contribution >= 0.6 is 0 Å². The first kappa shape index (κ1) is 15.3. The van der Waals surface area contributed by atoms with E-state index in [1.165, 1.54) is 0 Å². The van der Waals surface area contributed by atoms with Crippen LogP contribution in [-0.4, -0.2) is 30.1 Å². The Morgan fingerprint density at radius 1 is 0.688 bits per heavy atom. The molecule has 0 heterocycles. The molecule has 0 aromatic carbocycles. The van der Waals surface area contributed by atoms with Gasteiger partial charge in [0.25, 0.3) is 0 Å². The minimum atomic E-state index is -6.98. The number of rotatable bonds is 2. The molecule has 0 saturated heterocycles. The smallest absolute Gasteiger partial charge is 0.241 e. The van der Waals surface area contributed by atoms with Crippen molar-refractivity contribution >= 4 is 0 Å². The van der Waals surface area contributed by atoms with Crippen molar-refractivity contribution in [1.82, 2.24) is 0 Å². The molecule has 0 saturated carbocycles. The van der Waals surface area contributed by atoms with Crippen LogP contribution in [0.4, 0.5) is 43.9 Å². The Bertz CT molecular complexity index is 231. The van der Waals surface area contributed by atoms with E-state index >= 15 is 0 Å². The zero-order valence-electron chi connectivity index (χ0n) is 7.36. The van der Waals surface area contributed by atoms with Crippen molar-refractivity contribution in [1.29, 1.82) is 0 Å². The maximum atomic E-state index is 12.6. The predicted octanol–water partition coefficient (Wildman–Crippen LogP) is 3.81. The average molecular weight is 266 g/mol. The maximum Gasteiger partial charge on any atom is 0.437 e. The largest absolute Gasteiger partial charge is 0.437 e. The standard InChI is InChI=1S/C6H4F10/c1-2(7)3(8,9)4(10,5(11,12)13)6(14,15)16/h2H,1H3. The number of halogens is 10. The summed E-state index contributed by atoms with van der Waals surface area (Å²) in [4.78, 5) is 0. The summed E-state index contributed by atoms with van der Waals surface area (Å²) in [6, 6.07) is 0. The molecule has 0 rings (SSSR count). The minimum absolute atomic E-state index is 0.300. The fraction of sp³-hybridized carbons (Fsp3) is 1.00. The van der Waals surface area contributed by atoms with E-state index in [-0.39, 0.29) is 6.92 Å². The second-order valence-electron chi connectivity index (χ2n) is 2.89. The Morgan fingerprint density at radius 3 is 1.00 bits per heavy atom. The third-order valence-electron chi connectivity index (χ3n) is 1.74. The van der Waals surface area contributed by atoms with E-state index in [1.54, 1.807) is 0 Å². The van der Waals surface area contributed by atoms with Gasteiger partial charge in [0.2, 0.25) is 0 Å². The number of hydrogen-bond acceptors (Lipinski definition) is 0. The predicted molar refractivity (Wildman–Crippen MR) is 31.5 cm³/mol. The lowest BCUT2D eigenvalue weighted by molar-refractivity contribution is -0.403. The lowest BCUT2D eigenvalue weighted by Crippen LogP contribution is -2.67. The first-order valence-electron chi connectivity index (χ1n) is 3.54. The molecule has 16 heavy (non-hydrogen) atoms. The summed E-state index contributed by atoms with van der Waals surface area (Å²) in [5, 5.41) is 0. The molecular formula is C6H4F10. The fourth-order valence-corrected chi connectivity index (χ4v) is 0.813. The van der Waals surface area contributed by atoms with Crippen molar-refractivity contribution < 1.29 is 43.9 Å². The number of alkyl halides is 10. The Labute approximate surface area is 82.2 Å². The van der Waals surface area contributed by atoms with Crippen molar-refractivity contribution in [2.45, 2.75) is 37.0 Å². The first-order chi connectivity index (χ1) is 6.69. The summed E-state index contributed by atoms with van der Waals surface area (Å²) >= 11 is 0. The van der Waals surface area contributed by atoms with Gasteiger partial charge in [-0.25, -0.2) is 8.78 Å². The summed E-state index contributed by atoms with van der Waals surface area (Å²) < 4.78 is 120. The average Bonchev–Trinajstić information content (AvgIpc) is 1.97. The zero-order valence-corrected chi connectivity index (χ0v) is 7.36. The Kier molecular flexibility index (Phi) is 3.50. The molecule has 0 spiro atoms. The second kappa shape index (κ2) is 3.66. The molecule has 0 aliphatic carbocycles. The van der Waals surface area contributed by atoms with Crippen LogP contribution in [0.5, 0.6) is 0 Å². The van der Waals surface area contributed by atoms with Gasteiger partial charge in [-0.05, 0) is 6.92 Å². The van der Waals surface area contributed by atoms with Crippen LogP contribution in [0.1, 0.15) is 6.92 Å². The van der Waals surface area contributed by atoms with Gasteiger partial charge < -0.3 is 0 Å². The van der Waals surface area contributed by atoms with Gasteiger partial charge >= 0.3 is 23.9 Å². The minimum Gasteiger partial charge on any atom is -0.241 e. The van der Waals surface area contributed by atoms with Crippen molar-refractivity contribution in [3.05, 3.63) is 0 Å². The third kappa shape index (κ3) is 1.93. The van der Waals surface area contributed by atoms with E-state index in [4.69, 9.17) is 0 Å². The molecule has 0 fully saturated rings. The highest BCUT2D eigenvalue weighted by Crippen LogP contribution is 2.55. The molecule has 1 unspecified atom stereocenters. The van der Waals surface area contributed by atoms with Crippen molar-refractivity contribution in [3.63, 3.8) is 0 Å². The van der Waals surface area contributed by atoms with Crippen LogP contribution < -0.4 is 0 Å². The number of hydrogen-bond donors (Lipinski definition) is 0. The molecule has 0 radical (unpaired) electrons. The van der Waals surface area contributed by atoms with Crippen LogP contribution in [0, 0.1) is 0 Å². The Morgan fingerprint density at radius 2 is 0.938 bits per heavy atom. The molecule has 1 atom stereocenters. The first-order valence-corrected chi connectivity index (χ1v) is 3.54. The van der Waals surface area contributed by atoms with Crippen LogP contribution in [0.2, 0.25) is 0 Å². The molecule has 98 valence electrons. The summed E-state index contributed by atoms with van der Waals surface area (Å²) in [6.07, 6.45) is -17.9. The Hall–Kier alpha value is -0.700. The molecule has 0 N–H and O–H groups in total. The van der Waals surface area contributed by atoms with Crippen LogP contribution in [0.25, 0.3) is 0 Å². The van der Waals surface area contributed by atoms with Gasteiger partial charge in [0.1, 0.15) is 0 Å². The molecule has 0 amide bonds. The monoisotopic (exact) mass is 266 g/mol. The SMILES string of the molecule is CC(F)C(F)(F)C(F)(C(F)(F)F)C(F)(F)F. The van der Waals surface area contributed by atoms with E-state index in [2.05, 4.69) is 0 Å². The highest BCUT2D eigenvalue weighted by molar-refractivity contribution is 5.07. The fourth-order valence-electron chi connectivity index (χ4n) is 0.813. The summed E-state index contributed by atoms with van der Waals surface area (Å²) in [7, 11) is 0. The Balaban J connectivity index is 5.81. The van der Waals surface area contributed by atoms with Gasteiger partial charge in [-0.2, -0.15) is 35.1 Å². The highest BCUT2D eigenvalue weighted by Gasteiger charge is 2.85. The molecule has 0 aromatic heterocycles. The maximum absolute atomic E-state index is 12.6.